The van der Waals surface area contributed by atoms with Crippen molar-refractivity contribution in [2.45, 2.75) is 18.2 Å². The van der Waals surface area contributed by atoms with Gasteiger partial charge in [0.15, 0.2) is 0 Å². The Morgan fingerprint density at radius 2 is 2.00 bits per heavy atom. The van der Waals surface area contributed by atoms with E-state index in [1.165, 1.54) is 11.2 Å². The molecule has 0 spiro atoms. The van der Waals surface area contributed by atoms with Crippen molar-refractivity contribution in [2.75, 3.05) is 18.1 Å². The van der Waals surface area contributed by atoms with Crippen LogP contribution in [0.2, 0.25) is 0 Å². The van der Waals surface area contributed by atoms with Crippen molar-refractivity contribution < 1.29 is 4.74 Å². The van der Waals surface area contributed by atoms with Crippen LogP contribution in [0, 0.1) is 0 Å². The van der Waals surface area contributed by atoms with Gasteiger partial charge in [0.05, 0.1) is 0 Å². The van der Waals surface area contributed by atoms with Crippen molar-refractivity contribution in [2.24, 2.45) is 0 Å². The van der Waals surface area contributed by atoms with Gasteiger partial charge >= 0.3 is 0 Å². The fourth-order valence-electron chi connectivity index (χ4n) is 1.51. The lowest BCUT2D eigenvalue weighted by Gasteiger charge is -2.07. The molecule has 100 valence electrons. The van der Waals surface area contributed by atoms with Crippen molar-refractivity contribution in [1.82, 2.24) is 9.97 Å². The Morgan fingerprint density at radius 1 is 1.21 bits per heavy atom. The smallest absolute Gasteiger partial charge is 0.224 e. The van der Waals surface area contributed by atoms with Gasteiger partial charge in [-0.2, -0.15) is 0 Å². The highest BCUT2D eigenvalue weighted by atomic mass is 32.2. The highest BCUT2D eigenvalue weighted by Crippen LogP contribution is 2.23. The maximum atomic E-state index is 5.70. The third kappa shape index (κ3) is 4.13. The Morgan fingerprint density at radius 3 is 2.68 bits per heavy atom. The molecule has 1 N–H and O–H groups in total. The van der Waals surface area contributed by atoms with Gasteiger partial charge in [0.2, 0.25) is 5.88 Å². The van der Waals surface area contributed by atoms with E-state index in [0.717, 1.165) is 24.5 Å². The molecule has 0 aliphatic rings. The lowest BCUT2D eigenvalue weighted by molar-refractivity contribution is 0.461. The summed E-state index contributed by atoms with van der Waals surface area (Å²) in [5.74, 6) is 2.11. The number of hydrogen-bond acceptors (Lipinski definition) is 5. The predicted octanol–water partition coefficient (Wildman–Crippen LogP) is 3.81. The van der Waals surface area contributed by atoms with Crippen molar-refractivity contribution >= 4 is 17.6 Å². The van der Waals surface area contributed by atoms with Crippen LogP contribution in [0.5, 0.6) is 11.6 Å². The quantitative estimate of drug-likeness (QED) is 0.812. The maximum Gasteiger partial charge on any atom is 0.224 e. The fraction of sp³-hybridized carbons (Fsp3) is 0.286. The lowest BCUT2D eigenvalue weighted by Crippen LogP contribution is -2.02. The molecule has 0 atom stereocenters. The first-order chi connectivity index (χ1) is 9.31. The zero-order valence-electron chi connectivity index (χ0n) is 11.1. The van der Waals surface area contributed by atoms with Crippen LogP contribution in [0.1, 0.15) is 13.3 Å². The molecule has 2 rings (SSSR count). The third-order valence-electron chi connectivity index (χ3n) is 2.48. The largest absolute Gasteiger partial charge is 0.439 e. The molecule has 0 unspecified atom stereocenters. The van der Waals surface area contributed by atoms with Crippen molar-refractivity contribution in [3.05, 3.63) is 36.7 Å². The van der Waals surface area contributed by atoms with Gasteiger partial charge in [-0.1, -0.05) is 6.92 Å². The first kappa shape index (κ1) is 13.7. The number of thioether (sulfide) groups is 1. The third-order valence-corrected chi connectivity index (χ3v) is 3.22. The second kappa shape index (κ2) is 6.99. The van der Waals surface area contributed by atoms with Crippen molar-refractivity contribution in [3.8, 4) is 11.6 Å². The number of ether oxygens (including phenoxy) is 1. The average molecular weight is 275 g/mol. The number of anilines is 1. The van der Waals surface area contributed by atoms with Crippen molar-refractivity contribution in [1.29, 1.82) is 0 Å². The van der Waals surface area contributed by atoms with Crippen LogP contribution in [-0.4, -0.2) is 22.8 Å². The molecule has 4 nitrogen and oxygen atoms in total. The van der Waals surface area contributed by atoms with Crippen molar-refractivity contribution in [3.63, 3.8) is 0 Å². The number of rotatable bonds is 6. The summed E-state index contributed by atoms with van der Waals surface area (Å²) >= 11 is 1.70. The number of benzene rings is 1. The molecule has 0 saturated carbocycles. The Hall–Kier alpha value is -1.75. The predicted molar refractivity (Wildman–Crippen MR) is 79.1 cm³/mol. The van der Waals surface area contributed by atoms with Gasteiger partial charge in [-0.25, -0.2) is 9.97 Å². The minimum absolute atomic E-state index is 0.547. The molecule has 2 aromatic rings. The summed E-state index contributed by atoms with van der Waals surface area (Å²) in [5.41, 5.74) is 0. The molecule has 1 aromatic heterocycles. The molecule has 19 heavy (non-hydrogen) atoms. The van der Waals surface area contributed by atoms with E-state index >= 15 is 0 Å². The first-order valence-electron chi connectivity index (χ1n) is 6.19. The van der Waals surface area contributed by atoms with Crippen LogP contribution in [-0.2, 0) is 0 Å². The molecule has 0 amide bonds. The zero-order chi connectivity index (χ0) is 13.5. The van der Waals surface area contributed by atoms with Crippen LogP contribution in [0.4, 0.5) is 5.82 Å². The van der Waals surface area contributed by atoms with Crippen LogP contribution in [0.3, 0.4) is 0 Å². The van der Waals surface area contributed by atoms with Gasteiger partial charge in [0, 0.05) is 17.5 Å². The summed E-state index contributed by atoms with van der Waals surface area (Å²) in [6, 6.07) is 9.73. The fourth-order valence-corrected chi connectivity index (χ4v) is 1.92. The molecule has 0 aliphatic carbocycles. The minimum Gasteiger partial charge on any atom is -0.439 e. The van der Waals surface area contributed by atoms with E-state index in [1.54, 1.807) is 17.8 Å². The van der Waals surface area contributed by atoms with Gasteiger partial charge in [-0.15, -0.1) is 11.8 Å². The van der Waals surface area contributed by atoms with Crippen LogP contribution < -0.4 is 10.1 Å². The molecule has 0 bridgehead atoms. The average Bonchev–Trinajstić information content (AvgIpc) is 2.46. The SMILES string of the molecule is CCCNc1cc(Oc2ccc(SC)cc2)ncn1. The highest BCUT2D eigenvalue weighted by molar-refractivity contribution is 7.98. The van der Waals surface area contributed by atoms with Gasteiger partial charge in [0.25, 0.3) is 0 Å². The molecular formula is C14H17N3OS. The lowest BCUT2D eigenvalue weighted by atomic mass is 10.3. The summed E-state index contributed by atoms with van der Waals surface area (Å²) in [5, 5.41) is 3.20. The Labute approximate surface area is 117 Å². The Balaban J connectivity index is 2.05. The second-order valence-corrected chi connectivity index (χ2v) is 4.83. The van der Waals surface area contributed by atoms with Gasteiger partial charge in [-0.05, 0) is 36.9 Å². The molecule has 0 fully saturated rings. The Kier molecular flexibility index (Phi) is 5.03. The number of nitrogens with zero attached hydrogens (tertiary/aromatic N) is 2. The van der Waals surface area contributed by atoms with E-state index in [1.807, 2.05) is 30.5 Å². The molecule has 1 aromatic carbocycles. The van der Waals surface area contributed by atoms with E-state index < -0.39 is 0 Å². The van der Waals surface area contributed by atoms with E-state index in [2.05, 4.69) is 22.2 Å². The zero-order valence-corrected chi connectivity index (χ0v) is 11.9. The number of nitrogens with one attached hydrogen (secondary N) is 1. The summed E-state index contributed by atoms with van der Waals surface area (Å²) in [4.78, 5) is 9.46. The summed E-state index contributed by atoms with van der Waals surface area (Å²) in [6.07, 6.45) is 4.60. The van der Waals surface area contributed by atoms with Gasteiger partial charge in [-0.3, -0.25) is 0 Å². The first-order valence-corrected chi connectivity index (χ1v) is 7.42. The standard InChI is InChI=1S/C14H17N3OS/c1-3-8-15-13-9-14(17-10-16-13)18-11-4-6-12(19-2)7-5-11/h4-7,9-10H,3,8H2,1-2H3,(H,15,16,17). The monoisotopic (exact) mass is 275 g/mol. The van der Waals surface area contributed by atoms with E-state index in [4.69, 9.17) is 4.74 Å². The topological polar surface area (TPSA) is 47.0 Å². The highest BCUT2D eigenvalue weighted by Gasteiger charge is 2.01. The number of hydrogen-bond donors (Lipinski definition) is 1. The van der Waals surface area contributed by atoms with E-state index in [-0.39, 0.29) is 0 Å². The number of aromatic nitrogens is 2. The summed E-state index contributed by atoms with van der Waals surface area (Å²) < 4.78 is 5.70. The van der Waals surface area contributed by atoms with E-state index in [0.29, 0.717) is 5.88 Å². The Bertz CT molecular complexity index is 516. The minimum atomic E-state index is 0.547. The van der Waals surface area contributed by atoms with Gasteiger partial charge in [0.1, 0.15) is 17.9 Å². The van der Waals surface area contributed by atoms with Crippen LogP contribution in [0.25, 0.3) is 0 Å². The van der Waals surface area contributed by atoms with Crippen LogP contribution >= 0.6 is 11.8 Å². The molecule has 0 radical (unpaired) electrons. The summed E-state index contributed by atoms with van der Waals surface area (Å²) in [6.45, 7) is 3.00. The molecule has 0 aliphatic heterocycles. The molecule has 0 saturated heterocycles. The molecule has 1 heterocycles. The van der Waals surface area contributed by atoms with Gasteiger partial charge < -0.3 is 10.1 Å². The normalized spacial score (nSPS) is 10.2. The van der Waals surface area contributed by atoms with Crippen LogP contribution in [0.15, 0.2) is 41.6 Å². The maximum absolute atomic E-state index is 5.70. The second-order valence-electron chi connectivity index (χ2n) is 3.95. The van der Waals surface area contributed by atoms with E-state index in [9.17, 15) is 0 Å². The summed E-state index contributed by atoms with van der Waals surface area (Å²) in [7, 11) is 0. The molecular weight excluding hydrogens is 258 g/mol. The molecule has 5 heteroatoms.